The molecule has 0 spiro atoms. The average molecular weight is 330 g/mol. The van der Waals surface area contributed by atoms with Crippen molar-refractivity contribution in [1.29, 1.82) is 0 Å². The van der Waals surface area contributed by atoms with E-state index < -0.39 is 12.0 Å². The highest BCUT2D eigenvalue weighted by atomic mass is 32.2. The number of carbonyl (C=O) groups excluding carboxylic acids is 2. The molecule has 0 aromatic rings. The van der Waals surface area contributed by atoms with Crippen LogP contribution in [-0.4, -0.2) is 58.9 Å². The van der Waals surface area contributed by atoms with E-state index in [-0.39, 0.29) is 24.7 Å². The van der Waals surface area contributed by atoms with Gasteiger partial charge in [0, 0.05) is 25.9 Å². The molecule has 2 N–H and O–H groups in total. The zero-order valence-electron chi connectivity index (χ0n) is 13.2. The number of carboxylic acid groups (broad SMARTS) is 1. The van der Waals surface area contributed by atoms with Crippen molar-refractivity contribution < 1.29 is 19.5 Å². The Labute approximate surface area is 136 Å². The molecule has 7 heteroatoms. The van der Waals surface area contributed by atoms with Crippen LogP contribution in [0.25, 0.3) is 0 Å². The first-order valence-electron chi connectivity index (χ1n) is 7.83. The summed E-state index contributed by atoms with van der Waals surface area (Å²) in [5.74, 6) is -0.727. The summed E-state index contributed by atoms with van der Waals surface area (Å²) in [5.41, 5.74) is 0. The van der Waals surface area contributed by atoms with Crippen LogP contribution in [0, 0.1) is 0 Å². The fraction of sp³-hybridized carbons (Fsp3) is 0.800. The van der Waals surface area contributed by atoms with Gasteiger partial charge in [-0.15, -0.1) is 0 Å². The zero-order valence-corrected chi connectivity index (χ0v) is 14.0. The minimum absolute atomic E-state index is 0.00645. The Bertz CT molecular complexity index is 382. The fourth-order valence-electron chi connectivity index (χ4n) is 2.46. The normalized spacial score (nSPS) is 16.7. The lowest BCUT2D eigenvalue weighted by molar-refractivity contribution is -0.142. The van der Waals surface area contributed by atoms with Crippen LogP contribution in [0.15, 0.2) is 0 Å². The molecule has 1 atom stereocenters. The summed E-state index contributed by atoms with van der Waals surface area (Å²) in [5, 5.41) is 11.6. The molecule has 1 aliphatic rings. The molecule has 126 valence electrons. The summed E-state index contributed by atoms with van der Waals surface area (Å²) in [6, 6.07) is -0.867. The van der Waals surface area contributed by atoms with E-state index in [1.807, 2.05) is 11.2 Å². The van der Waals surface area contributed by atoms with E-state index in [0.29, 0.717) is 12.2 Å². The number of carboxylic acids is 1. The first-order valence-corrected chi connectivity index (χ1v) is 9.23. The zero-order chi connectivity index (χ0) is 16.4. The largest absolute Gasteiger partial charge is 0.480 e. The van der Waals surface area contributed by atoms with Crippen molar-refractivity contribution >= 4 is 29.5 Å². The van der Waals surface area contributed by atoms with Gasteiger partial charge in [0.25, 0.3) is 0 Å². The Balaban J connectivity index is 2.33. The summed E-state index contributed by atoms with van der Waals surface area (Å²) in [4.78, 5) is 36.8. The standard InChI is InChI=1S/C15H26N2O4S/c1-22-11-8-12(15(20)21)16-13(18)6-7-14(19)17-9-4-2-3-5-10-17/h12H,2-11H2,1H3,(H,16,18)(H,20,21)/t12-/m0/s1. The van der Waals surface area contributed by atoms with E-state index in [1.54, 1.807) is 0 Å². The number of thioether (sulfide) groups is 1. The number of likely N-dealkylation sites (tertiary alicyclic amines) is 1. The van der Waals surface area contributed by atoms with E-state index in [0.717, 1.165) is 38.8 Å². The Morgan fingerprint density at radius 1 is 1.14 bits per heavy atom. The monoisotopic (exact) mass is 330 g/mol. The summed E-state index contributed by atoms with van der Waals surface area (Å²) in [6.07, 6.45) is 6.84. The molecule has 0 radical (unpaired) electrons. The van der Waals surface area contributed by atoms with Gasteiger partial charge in [-0.1, -0.05) is 12.8 Å². The van der Waals surface area contributed by atoms with Crippen molar-refractivity contribution in [1.82, 2.24) is 10.2 Å². The molecule has 0 bridgehead atoms. The second-order valence-corrected chi connectivity index (χ2v) is 6.52. The second kappa shape index (κ2) is 10.5. The molecule has 1 saturated heterocycles. The third-order valence-corrected chi connectivity index (χ3v) is 4.41. The minimum atomic E-state index is -1.03. The molecule has 1 heterocycles. The van der Waals surface area contributed by atoms with Crippen molar-refractivity contribution in [3.8, 4) is 0 Å². The van der Waals surface area contributed by atoms with Crippen molar-refractivity contribution in [2.45, 2.75) is 51.0 Å². The first-order chi connectivity index (χ1) is 10.5. The molecule has 2 amide bonds. The molecule has 0 aromatic heterocycles. The van der Waals surface area contributed by atoms with E-state index >= 15 is 0 Å². The number of carbonyl (C=O) groups is 3. The van der Waals surface area contributed by atoms with E-state index in [1.165, 1.54) is 11.8 Å². The molecule has 22 heavy (non-hydrogen) atoms. The van der Waals surface area contributed by atoms with Gasteiger partial charge in [0.05, 0.1) is 0 Å². The summed E-state index contributed by atoms with van der Waals surface area (Å²) < 4.78 is 0. The van der Waals surface area contributed by atoms with Crippen LogP contribution in [0.2, 0.25) is 0 Å². The fourth-order valence-corrected chi connectivity index (χ4v) is 2.93. The van der Waals surface area contributed by atoms with Crippen LogP contribution >= 0.6 is 11.8 Å². The Morgan fingerprint density at radius 2 is 1.77 bits per heavy atom. The Morgan fingerprint density at radius 3 is 2.32 bits per heavy atom. The summed E-state index contributed by atoms with van der Waals surface area (Å²) in [6.45, 7) is 1.54. The predicted molar refractivity (Wildman–Crippen MR) is 86.8 cm³/mol. The van der Waals surface area contributed by atoms with Gasteiger partial charge >= 0.3 is 5.97 Å². The molecular weight excluding hydrogens is 304 g/mol. The van der Waals surface area contributed by atoms with E-state index in [2.05, 4.69) is 5.32 Å². The smallest absolute Gasteiger partial charge is 0.326 e. The highest BCUT2D eigenvalue weighted by molar-refractivity contribution is 7.98. The maximum absolute atomic E-state index is 12.1. The number of rotatable bonds is 8. The minimum Gasteiger partial charge on any atom is -0.480 e. The van der Waals surface area contributed by atoms with Crippen molar-refractivity contribution in [3.05, 3.63) is 0 Å². The van der Waals surface area contributed by atoms with Gasteiger partial charge in [-0.2, -0.15) is 11.8 Å². The maximum Gasteiger partial charge on any atom is 0.326 e. The molecule has 0 unspecified atom stereocenters. The van der Waals surface area contributed by atoms with Crippen LogP contribution in [0.4, 0.5) is 0 Å². The van der Waals surface area contributed by atoms with Crippen LogP contribution in [-0.2, 0) is 14.4 Å². The highest BCUT2D eigenvalue weighted by Crippen LogP contribution is 2.11. The topological polar surface area (TPSA) is 86.7 Å². The van der Waals surface area contributed by atoms with Crippen molar-refractivity contribution in [2.75, 3.05) is 25.1 Å². The Kier molecular flexibility index (Phi) is 8.96. The molecule has 0 aromatic carbocycles. The number of hydrogen-bond acceptors (Lipinski definition) is 4. The second-order valence-electron chi connectivity index (χ2n) is 5.53. The van der Waals surface area contributed by atoms with Gasteiger partial charge in [-0.05, 0) is 31.3 Å². The van der Waals surface area contributed by atoms with Gasteiger partial charge in [-0.25, -0.2) is 4.79 Å². The van der Waals surface area contributed by atoms with Crippen LogP contribution in [0.1, 0.15) is 44.9 Å². The number of amides is 2. The summed E-state index contributed by atoms with van der Waals surface area (Å²) in [7, 11) is 0. The third kappa shape index (κ3) is 7.15. The van der Waals surface area contributed by atoms with Gasteiger partial charge in [0.2, 0.25) is 11.8 Å². The number of aliphatic carboxylic acids is 1. The molecule has 0 aliphatic carbocycles. The molecule has 0 saturated carbocycles. The molecule has 6 nitrogen and oxygen atoms in total. The maximum atomic E-state index is 12.1. The van der Waals surface area contributed by atoms with Crippen LogP contribution in [0.5, 0.6) is 0 Å². The van der Waals surface area contributed by atoms with Gasteiger partial charge < -0.3 is 15.3 Å². The van der Waals surface area contributed by atoms with E-state index in [9.17, 15) is 14.4 Å². The van der Waals surface area contributed by atoms with Crippen LogP contribution in [0.3, 0.4) is 0 Å². The molecular formula is C15H26N2O4S. The lowest BCUT2D eigenvalue weighted by Crippen LogP contribution is -2.41. The molecule has 1 aliphatic heterocycles. The quantitative estimate of drug-likeness (QED) is 0.704. The van der Waals surface area contributed by atoms with Crippen molar-refractivity contribution in [2.24, 2.45) is 0 Å². The molecule has 1 rings (SSSR count). The lowest BCUT2D eigenvalue weighted by Gasteiger charge is -2.20. The number of hydrogen-bond donors (Lipinski definition) is 2. The predicted octanol–water partition coefficient (Wildman–Crippen LogP) is 1.49. The number of nitrogens with zero attached hydrogens (tertiary/aromatic N) is 1. The highest BCUT2D eigenvalue weighted by Gasteiger charge is 2.21. The van der Waals surface area contributed by atoms with Gasteiger partial charge in [0.1, 0.15) is 6.04 Å². The first kappa shape index (κ1) is 18.8. The average Bonchev–Trinajstić information content (AvgIpc) is 2.77. The van der Waals surface area contributed by atoms with Crippen molar-refractivity contribution in [3.63, 3.8) is 0 Å². The third-order valence-electron chi connectivity index (χ3n) is 3.77. The number of nitrogens with one attached hydrogen (secondary N) is 1. The van der Waals surface area contributed by atoms with Gasteiger partial charge in [0.15, 0.2) is 0 Å². The summed E-state index contributed by atoms with van der Waals surface area (Å²) >= 11 is 1.54. The SMILES string of the molecule is CSCC[C@H](NC(=O)CCC(=O)N1CCCCCC1)C(=O)O. The Hall–Kier alpha value is -1.24. The van der Waals surface area contributed by atoms with Gasteiger partial charge in [-0.3, -0.25) is 9.59 Å². The lowest BCUT2D eigenvalue weighted by atomic mass is 10.2. The van der Waals surface area contributed by atoms with E-state index in [4.69, 9.17) is 5.11 Å². The molecule has 1 fully saturated rings. The van der Waals surface area contributed by atoms with Crippen LogP contribution < -0.4 is 5.32 Å².